The van der Waals surface area contributed by atoms with E-state index in [4.69, 9.17) is 9.47 Å². The highest BCUT2D eigenvalue weighted by atomic mass is 16.5. The fourth-order valence-electron chi connectivity index (χ4n) is 3.49. The lowest BCUT2D eigenvalue weighted by molar-refractivity contribution is -0.688. The van der Waals surface area contributed by atoms with E-state index in [9.17, 15) is 0 Å². The first-order chi connectivity index (χ1) is 13.3. The Kier molecular flexibility index (Phi) is 5.63. The van der Waals surface area contributed by atoms with Gasteiger partial charge in [0.05, 0.1) is 12.2 Å². The smallest absolute Gasteiger partial charge is 0.173 e. The van der Waals surface area contributed by atoms with Crippen LogP contribution < -0.4 is 14.0 Å². The first-order valence-electron chi connectivity index (χ1n) is 9.61. The van der Waals surface area contributed by atoms with E-state index in [-0.39, 0.29) is 12.2 Å². The molecule has 1 aliphatic carbocycles. The summed E-state index contributed by atoms with van der Waals surface area (Å²) in [5, 5.41) is 0. The Balaban J connectivity index is 1.25. The molecule has 1 aliphatic rings. The number of hydrogen-bond acceptors (Lipinski definition) is 3. The molecule has 0 bridgehead atoms. The van der Waals surface area contributed by atoms with Crippen LogP contribution in [0.25, 0.3) is 0 Å². The minimum Gasteiger partial charge on any atom is -0.490 e. The van der Waals surface area contributed by atoms with Crippen molar-refractivity contribution in [3.63, 3.8) is 0 Å². The lowest BCUT2D eigenvalue weighted by Crippen LogP contribution is -2.33. The molecular weight excluding hydrogens is 336 g/mol. The molecule has 1 saturated carbocycles. The second kappa shape index (κ2) is 8.67. The van der Waals surface area contributed by atoms with Crippen LogP contribution in [-0.4, -0.2) is 17.2 Å². The Labute approximate surface area is 160 Å². The molecule has 0 atom stereocenters. The highest BCUT2D eigenvalue weighted by Gasteiger charge is 2.24. The molecule has 0 radical (unpaired) electrons. The summed E-state index contributed by atoms with van der Waals surface area (Å²) in [5.41, 5.74) is 1.30. The maximum Gasteiger partial charge on any atom is 0.173 e. The monoisotopic (exact) mass is 361 g/mol. The second-order valence-corrected chi connectivity index (χ2v) is 7.01. The number of pyridine rings is 2. The molecule has 3 aromatic rings. The fraction of sp³-hybridized carbons (Fsp3) is 0.304. The Morgan fingerprint density at radius 2 is 1.30 bits per heavy atom. The highest BCUT2D eigenvalue weighted by Crippen LogP contribution is 2.26. The van der Waals surface area contributed by atoms with Gasteiger partial charge in [-0.05, 0) is 37.8 Å². The molecule has 0 N–H and O–H groups in total. The molecule has 0 aliphatic heterocycles. The molecular formula is C23H25N2O2+. The molecule has 0 amide bonds. The van der Waals surface area contributed by atoms with Crippen LogP contribution in [0, 0.1) is 0 Å². The van der Waals surface area contributed by atoms with E-state index < -0.39 is 0 Å². The molecule has 4 nitrogen and oxygen atoms in total. The van der Waals surface area contributed by atoms with E-state index in [2.05, 4.69) is 58.3 Å². The third-order valence-corrected chi connectivity index (χ3v) is 4.94. The van der Waals surface area contributed by atoms with Crippen LogP contribution in [0.4, 0.5) is 0 Å². The van der Waals surface area contributed by atoms with Gasteiger partial charge >= 0.3 is 0 Å². The molecule has 0 spiro atoms. The summed E-state index contributed by atoms with van der Waals surface area (Å²) in [5.74, 6) is 1.85. The van der Waals surface area contributed by atoms with Crippen molar-refractivity contribution in [2.75, 3.05) is 0 Å². The zero-order valence-corrected chi connectivity index (χ0v) is 15.4. The van der Waals surface area contributed by atoms with Crippen molar-refractivity contribution in [2.24, 2.45) is 0 Å². The minimum atomic E-state index is 0.271. The fourth-order valence-corrected chi connectivity index (χ4v) is 3.49. The molecule has 1 aromatic carbocycles. The predicted octanol–water partition coefficient (Wildman–Crippen LogP) is 4.19. The Morgan fingerprint density at radius 3 is 1.89 bits per heavy atom. The zero-order valence-electron chi connectivity index (χ0n) is 15.4. The van der Waals surface area contributed by atoms with E-state index in [1.807, 2.05) is 18.2 Å². The number of ether oxygens (including phenoxy) is 2. The van der Waals surface area contributed by atoms with Crippen LogP contribution in [0.1, 0.15) is 31.2 Å². The topological polar surface area (TPSA) is 35.2 Å². The molecule has 27 heavy (non-hydrogen) atoms. The molecule has 4 heteroatoms. The molecule has 1 fully saturated rings. The van der Waals surface area contributed by atoms with Crippen molar-refractivity contribution in [1.82, 2.24) is 4.98 Å². The molecule has 0 saturated heterocycles. The summed E-state index contributed by atoms with van der Waals surface area (Å²) >= 11 is 0. The van der Waals surface area contributed by atoms with Gasteiger partial charge in [0.1, 0.15) is 11.5 Å². The summed E-state index contributed by atoms with van der Waals surface area (Å²) in [6.45, 7) is 0.874. The first-order valence-corrected chi connectivity index (χ1v) is 9.61. The van der Waals surface area contributed by atoms with Gasteiger partial charge in [0, 0.05) is 30.1 Å². The van der Waals surface area contributed by atoms with Gasteiger partial charge in [-0.15, -0.1) is 0 Å². The lowest BCUT2D eigenvalue weighted by atomic mass is 9.95. The number of aromatic nitrogens is 2. The normalized spacial score (nSPS) is 19.4. The summed E-state index contributed by atoms with van der Waals surface area (Å²) < 4.78 is 14.4. The Bertz CT molecular complexity index is 814. The predicted molar refractivity (Wildman–Crippen MR) is 104 cm³/mol. The van der Waals surface area contributed by atoms with Gasteiger partial charge < -0.3 is 9.47 Å². The van der Waals surface area contributed by atoms with Gasteiger partial charge in [-0.25, -0.2) is 4.57 Å². The average molecular weight is 361 g/mol. The first kappa shape index (κ1) is 17.5. The van der Waals surface area contributed by atoms with Gasteiger partial charge in [0.25, 0.3) is 0 Å². The van der Waals surface area contributed by atoms with Gasteiger partial charge in [-0.2, -0.15) is 0 Å². The molecule has 4 rings (SSSR count). The third kappa shape index (κ3) is 5.07. The van der Waals surface area contributed by atoms with E-state index in [1.54, 1.807) is 12.4 Å². The molecule has 0 unspecified atom stereocenters. The summed E-state index contributed by atoms with van der Waals surface area (Å²) in [6, 6.07) is 18.4. The van der Waals surface area contributed by atoms with Crippen LogP contribution >= 0.6 is 0 Å². The average Bonchev–Trinajstić information content (AvgIpc) is 2.73. The number of hydrogen-bond donors (Lipinski definition) is 0. The van der Waals surface area contributed by atoms with Crippen LogP contribution in [-0.2, 0) is 6.54 Å². The largest absolute Gasteiger partial charge is 0.490 e. The SMILES string of the molecule is c1ccc(C[n+]2ccc(OC3CCC(Oc4ccncc4)CC3)cc2)cc1. The van der Waals surface area contributed by atoms with Crippen molar-refractivity contribution in [3.8, 4) is 11.5 Å². The standard InChI is InChI=1S/C23H25N2O2/c1-2-4-19(5-3-1)18-25-16-12-23(13-17-25)27-21-8-6-20(7-9-21)26-22-10-14-24-15-11-22/h1-5,10-17,20-21H,6-9,18H2/q+1. The van der Waals surface area contributed by atoms with Crippen molar-refractivity contribution >= 4 is 0 Å². The van der Waals surface area contributed by atoms with Gasteiger partial charge in [-0.1, -0.05) is 30.3 Å². The maximum atomic E-state index is 6.18. The molecule has 2 heterocycles. The van der Waals surface area contributed by atoms with E-state index in [1.165, 1.54) is 5.56 Å². The third-order valence-electron chi connectivity index (χ3n) is 4.94. The maximum absolute atomic E-state index is 6.18. The summed E-state index contributed by atoms with van der Waals surface area (Å²) in [7, 11) is 0. The van der Waals surface area contributed by atoms with Crippen LogP contribution in [0.3, 0.4) is 0 Å². The van der Waals surface area contributed by atoms with Crippen molar-refractivity contribution < 1.29 is 14.0 Å². The van der Waals surface area contributed by atoms with Crippen molar-refractivity contribution in [1.29, 1.82) is 0 Å². The van der Waals surface area contributed by atoms with Gasteiger partial charge in [-0.3, -0.25) is 4.98 Å². The van der Waals surface area contributed by atoms with Crippen molar-refractivity contribution in [3.05, 3.63) is 84.9 Å². The quantitative estimate of drug-likeness (QED) is 0.618. The van der Waals surface area contributed by atoms with E-state index in [0.717, 1.165) is 43.7 Å². The van der Waals surface area contributed by atoms with Gasteiger partial charge in [0.2, 0.25) is 0 Å². The zero-order chi connectivity index (χ0) is 18.3. The van der Waals surface area contributed by atoms with E-state index in [0.29, 0.717) is 0 Å². The van der Waals surface area contributed by atoms with Crippen molar-refractivity contribution in [2.45, 2.75) is 44.4 Å². The molecule has 2 aromatic heterocycles. The van der Waals surface area contributed by atoms with Gasteiger partial charge in [0.15, 0.2) is 18.9 Å². The lowest BCUT2D eigenvalue weighted by Gasteiger charge is -2.29. The Morgan fingerprint density at radius 1 is 0.741 bits per heavy atom. The number of benzene rings is 1. The minimum absolute atomic E-state index is 0.271. The molecule has 138 valence electrons. The van der Waals surface area contributed by atoms with Crippen LogP contribution in [0.2, 0.25) is 0 Å². The summed E-state index contributed by atoms with van der Waals surface area (Å²) in [4.78, 5) is 4.03. The number of nitrogens with zero attached hydrogens (tertiary/aromatic N) is 2. The van der Waals surface area contributed by atoms with Crippen LogP contribution in [0.15, 0.2) is 79.4 Å². The number of rotatable bonds is 6. The van der Waals surface area contributed by atoms with E-state index >= 15 is 0 Å². The highest BCUT2D eigenvalue weighted by molar-refractivity contribution is 5.18. The Hall–Kier alpha value is -2.88. The second-order valence-electron chi connectivity index (χ2n) is 7.01. The van der Waals surface area contributed by atoms with Crippen LogP contribution in [0.5, 0.6) is 11.5 Å². The summed E-state index contributed by atoms with van der Waals surface area (Å²) in [6.07, 6.45) is 12.3.